The summed E-state index contributed by atoms with van der Waals surface area (Å²) in [4.78, 5) is 11.8. The molecule has 1 aromatic rings. The lowest BCUT2D eigenvalue weighted by molar-refractivity contribution is 0.0901. The predicted molar refractivity (Wildman–Crippen MR) is 78.1 cm³/mol. The monoisotopic (exact) mass is 306 g/mol. The number of halogens is 2. The second-order valence-electron chi connectivity index (χ2n) is 5.41. The number of furan rings is 1. The molecule has 1 amide bonds. The number of carbonyl (C=O) groups is 1. The minimum Gasteiger partial charge on any atom is -0.440 e. The fraction of sp³-hybridized carbons (Fsp3) is 0.615. The first kappa shape index (κ1) is 16.3. The molecule has 2 heterocycles. The Morgan fingerprint density at radius 2 is 2.32 bits per heavy atom. The summed E-state index contributed by atoms with van der Waals surface area (Å²) in [6, 6.07) is 3.44. The number of hydrogen-bond donors (Lipinski definition) is 2. The van der Waals surface area contributed by atoms with Crippen molar-refractivity contribution in [2.75, 3.05) is 13.1 Å². The van der Waals surface area contributed by atoms with Crippen molar-refractivity contribution in [1.29, 1.82) is 0 Å². The summed E-state index contributed by atoms with van der Waals surface area (Å²) in [5, 5.41) is 6.57. The zero-order chi connectivity index (χ0) is 13.2. The Balaban J connectivity index is 0.00000180. The maximum Gasteiger partial charge on any atom is 0.287 e. The van der Waals surface area contributed by atoms with Gasteiger partial charge in [0.2, 0.25) is 0 Å². The molecule has 0 saturated carbocycles. The lowest BCUT2D eigenvalue weighted by atomic mass is 9.77. The van der Waals surface area contributed by atoms with Gasteiger partial charge >= 0.3 is 0 Å². The van der Waals surface area contributed by atoms with E-state index in [0.29, 0.717) is 12.6 Å². The summed E-state index contributed by atoms with van der Waals surface area (Å²) in [6.07, 6.45) is 2.36. The van der Waals surface area contributed by atoms with E-state index in [4.69, 9.17) is 16.0 Å². The Morgan fingerprint density at radius 3 is 2.89 bits per heavy atom. The van der Waals surface area contributed by atoms with Crippen LogP contribution in [0.3, 0.4) is 0 Å². The highest BCUT2D eigenvalue weighted by Crippen LogP contribution is 2.29. The van der Waals surface area contributed by atoms with Crippen LogP contribution in [0.25, 0.3) is 0 Å². The van der Waals surface area contributed by atoms with E-state index in [1.54, 1.807) is 12.1 Å². The highest BCUT2D eigenvalue weighted by molar-refractivity contribution is 6.29. The highest BCUT2D eigenvalue weighted by Gasteiger charge is 2.32. The molecule has 1 aliphatic rings. The third-order valence-corrected chi connectivity index (χ3v) is 3.80. The predicted octanol–water partition coefficient (Wildman–Crippen LogP) is 2.86. The zero-order valence-electron chi connectivity index (χ0n) is 11.2. The van der Waals surface area contributed by atoms with Gasteiger partial charge in [-0.3, -0.25) is 4.79 Å². The molecule has 0 spiro atoms. The summed E-state index contributed by atoms with van der Waals surface area (Å²) in [6.45, 7) is 6.06. The van der Waals surface area contributed by atoms with Crippen molar-refractivity contribution in [3.8, 4) is 0 Å². The van der Waals surface area contributed by atoms with Crippen molar-refractivity contribution < 1.29 is 9.21 Å². The highest BCUT2D eigenvalue weighted by atomic mass is 35.5. The Morgan fingerprint density at radius 1 is 1.58 bits per heavy atom. The van der Waals surface area contributed by atoms with Crippen LogP contribution in [0.15, 0.2) is 16.5 Å². The number of rotatable bonds is 3. The van der Waals surface area contributed by atoms with Crippen molar-refractivity contribution >= 4 is 29.9 Å². The number of hydrogen-bond acceptors (Lipinski definition) is 3. The largest absolute Gasteiger partial charge is 0.440 e. The van der Waals surface area contributed by atoms with Gasteiger partial charge in [0.15, 0.2) is 11.0 Å². The molecule has 1 aliphatic heterocycles. The first-order valence-electron chi connectivity index (χ1n) is 6.26. The van der Waals surface area contributed by atoms with E-state index in [9.17, 15) is 4.79 Å². The molecule has 1 fully saturated rings. The third kappa shape index (κ3) is 4.13. The smallest absolute Gasteiger partial charge is 0.287 e. The first-order valence-corrected chi connectivity index (χ1v) is 6.64. The van der Waals surface area contributed by atoms with Gasteiger partial charge < -0.3 is 15.1 Å². The number of carbonyl (C=O) groups excluding carboxylic acids is 1. The molecule has 19 heavy (non-hydrogen) atoms. The Labute approximate surface area is 124 Å². The molecule has 4 nitrogen and oxygen atoms in total. The van der Waals surface area contributed by atoms with Gasteiger partial charge in [-0.15, -0.1) is 12.4 Å². The van der Waals surface area contributed by atoms with Gasteiger partial charge in [0.05, 0.1) is 0 Å². The quantitative estimate of drug-likeness (QED) is 0.903. The van der Waals surface area contributed by atoms with Gasteiger partial charge in [-0.1, -0.05) is 13.8 Å². The van der Waals surface area contributed by atoms with E-state index in [0.717, 1.165) is 6.54 Å². The van der Waals surface area contributed by atoms with Crippen LogP contribution in [0.2, 0.25) is 5.22 Å². The maximum absolute atomic E-state index is 11.8. The lowest BCUT2D eigenvalue weighted by Crippen LogP contribution is -2.52. The molecule has 0 aromatic carbocycles. The number of nitrogens with one attached hydrogen (secondary N) is 2. The van der Waals surface area contributed by atoms with Gasteiger partial charge in [-0.05, 0) is 48.5 Å². The second-order valence-corrected chi connectivity index (χ2v) is 5.79. The van der Waals surface area contributed by atoms with Gasteiger partial charge in [0.25, 0.3) is 5.91 Å². The fourth-order valence-electron chi connectivity index (χ4n) is 2.34. The summed E-state index contributed by atoms with van der Waals surface area (Å²) >= 11 is 5.64. The average molecular weight is 307 g/mol. The lowest BCUT2D eigenvalue weighted by Gasteiger charge is -2.39. The minimum absolute atomic E-state index is 0. The molecule has 0 aliphatic carbocycles. The van der Waals surface area contributed by atoms with Gasteiger partial charge in [0.1, 0.15) is 0 Å². The molecule has 1 atom stereocenters. The first-order chi connectivity index (χ1) is 8.49. The Kier molecular flexibility index (Phi) is 5.71. The molecule has 1 unspecified atom stereocenters. The van der Waals surface area contributed by atoms with Crippen LogP contribution in [0.5, 0.6) is 0 Å². The van der Waals surface area contributed by atoms with Gasteiger partial charge in [0, 0.05) is 12.6 Å². The number of amides is 1. The molecule has 2 rings (SSSR count). The molecule has 0 bridgehead atoms. The molecular formula is C13H20Cl2N2O2. The standard InChI is InChI=1S/C13H19ClN2O2.ClH/c1-13(2)6-3-7-15-10(13)8-16-12(17)9-4-5-11(14)18-9;/h4-5,10,15H,3,6-8H2,1-2H3,(H,16,17);1H. The molecule has 0 radical (unpaired) electrons. The van der Waals surface area contributed by atoms with Gasteiger partial charge in [-0.2, -0.15) is 0 Å². The summed E-state index contributed by atoms with van der Waals surface area (Å²) < 4.78 is 5.07. The molecule has 108 valence electrons. The Bertz CT molecular complexity index is 432. The Hall–Kier alpha value is -0.710. The van der Waals surface area contributed by atoms with E-state index in [-0.39, 0.29) is 34.7 Å². The molecule has 2 N–H and O–H groups in total. The van der Waals surface area contributed by atoms with E-state index >= 15 is 0 Å². The van der Waals surface area contributed by atoms with Crippen molar-refractivity contribution in [3.63, 3.8) is 0 Å². The van der Waals surface area contributed by atoms with Crippen molar-refractivity contribution in [2.24, 2.45) is 5.41 Å². The summed E-state index contributed by atoms with van der Waals surface area (Å²) in [5.74, 6) is 0.0405. The van der Waals surface area contributed by atoms with Crippen LogP contribution >= 0.6 is 24.0 Å². The maximum atomic E-state index is 11.8. The number of piperidine rings is 1. The van der Waals surface area contributed by atoms with Crippen molar-refractivity contribution in [2.45, 2.75) is 32.7 Å². The van der Waals surface area contributed by atoms with Crippen molar-refractivity contribution in [1.82, 2.24) is 10.6 Å². The molecule has 1 saturated heterocycles. The topological polar surface area (TPSA) is 54.3 Å². The van der Waals surface area contributed by atoms with Crippen LogP contribution in [-0.2, 0) is 0 Å². The SMILES string of the molecule is CC1(C)CCCNC1CNC(=O)c1ccc(Cl)o1.Cl. The summed E-state index contributed by atoms with van der Waals surface area (Å²) in [5.41, 5.74) is 0.201. The minimum atomic E-state index is -0.218. The fourth-order valence-corrected chi connectivity index (χ4v) is 2.48. The molecule has 6 heteroatoms. The zero-order valence-corrected chi connectivity index (χ0v) is 12.7. The third-order valence-electron chi connectivity index (χ3n) is 3.60. The normalized spacial score (nSPS) is 21.5. The van der Waals surface area contributed by atoms with Crippen LogP contribution in [-0.4, -0.2) is 25.0 Å². The van der Waals surface area contributed by atoms with Crippen LogP contribution in [0, 0.1) is 5.41 Å². The van der Waals surface area contributed by atoms with E-state index in [1.807, 2.05) is 0 Å². The average Bonchev–Trinajstić information content (AvgIpc) is 2.73. The molecule has 1 aromatic heterocycles. The van der Waals surface area contributed by atoms with Gasteiger partial charge in [-0.25, -0.2) is 0 Å². The molecular weight excluding hydrogens is 287 g/mol. The van der Waals surface area contributed by atoms with Crippen molar-refractivity contribution in [3.05, 3.63) is 23.1 Å². The second kappa shape index (κ2) is 6.64. The van der Waals surface area contributed by atoms with Crippen LogP contribution in [0.4, 0.5) is 0 Å². The van der Waals surface area contributed by atoms with Crippen LogP contribution < -0.4 is 10.6 Å². The van der Waals surface area contributed by atoms with E-state index < -0.39 is 0 Å². The van der Waals surface area contributed by atoms with E-state index in [2.05, 4.69) is 24.5 Å². The van der Waals surface area contributed by atoms with Crippen LogP contribution in [0.1, 0.15) is 37.2 Å². The summed E-state index contributed by atoms with van der Waals surface area (Å²) in [7, 11) is 0. The van der Waals surface area contributed by atoms with E-state index in [1.165, 1.54) is 12.8 Å².